The van der Waals surface area contributed by atoms with Crippen LogP contribution in [-0.2, 0) is 10.0 Å². The molecule has 0 amide bonds. The molecule has 0 aliphatic heterocycles. The largest absolute Gasteiger partial charge is 0.389 e. The Labute approximate surface area is 123 Å². The van der Waals surface area contributed by atoms with E-state index in [9.17, 15) is 13.5 Å². The standard InChI is InChI=1S/C13H20BrNO3S/c1-10(2)8-13(3,16)9-15-19(17,18)12-7-5-4-6-11(12)14/h4-7,10,15-16H,8-9H2,1-3H3. The van der Waals surface area contributed by atoms with Crippen LogP contribution in [0.1, 0.15) is 27.2 Å². The summed E-state index contributed by atoms with van der Waals surface area (Å²) in [6.07, 6.45) is 0.533. The van der Waals surface area contributed by atoms with Gasteiger partial charge in [-0.05, 0) is 47.3 Å². The van der Waals surface area contributed by atoms with Gasteiger partial charge >= 0.3 is 0 Å². The molecule has 0 bridgehead atoms. The van der Waals surface area contributed by atoms with Crippen LogP contribution in [0.3, 0.4) is 0 Å². The van der Waals surface area contributed by atoms with E-state index in [0.717, 1.165) is 0 Å². The number of benzene rings is 1. The molecule has 0 spiro atoms. The van der Waals surface area contributed by atoms with Crippen molar-refractivity contribution in [1.82, 2.24) is 4.72 Å². The van der Waals surface area contributed by atoms with E-state index >= 15 is 0 Å². The Bertz CT molecular complexity index is 526. The summed E-state index contributed by atoms with van der Waals surface area (Å²) in [5.41, 5.74) is -1.05. The average Bonchev–Trinajstić information content (AvgIpc) is 2.25. The van der Waals surface area contributed by atoms with Gasteiger partial charge in [-0.25, -0.2) is 13.1 Å². The summed E-state index contributed by atoms with van der Waals surface area (Å²) < 4.78 is 27.2. The smallest absolute Gasteiger partial charge is 0.241 e. The predicted molar refractivity (Wildman–Crippen MR) is 79.4 cm³/mol. The van der Waals surface area contributed by atoms with Crippen LogP contribution in [0.2, 0.25) is 0 Å². The fourth-order valence-corrected chi connectivity index (χ4v) is 4.11. The number of rotatable bonds is 6. The molecule has 2 N–H and O–H groups in total. The van der Waals surface area contributed by atoms with Gasteiger partial charge in [0, 0.05) is 11.0 Å². The second kappa shape index (κ2) is 6.35. The molecule has 108 valence electrons. The highest BCUT2D eigenvalue weighted by atomic mass is 79.9. The first-order chi connectivity index (χ1) is 8.64. The molecular weight excluding hydrogens is 330 g/mol. The van der Waals surface area contributed by atoms with Gasteiger partial charge in [0.05, 0.1) is 10.5 Å². The van der Waals surface area contributed by atoms with Crippen LogP contribution in [0.15, 0.2) is 33.6 Å². The number of halogens is 1. The van der Waals surface area contributed by atoms with Crippen molar-refractivity contribution in [2.45, 2.75) is 37.7 Å². The van der Waals surface area contributed by atoms with Crippen molar-refractivity contribution >= 4 is 26.0 Å². The summed E-state index contributed by atoms with van der Waals surface area (Å²) in [5, 5.41) is 10.1. The predicted octanol–water partition coefficient (Wildman–Crippen LogP) is 2.52. The highest BCUT2D eigenvalue weighted by Crippen LogP contribution is 2.22. The van der Waals surface area contributed by atoms with Crippen LogP contribution in [0.25, 0.3) is 0 Å². The van der Waals surface area contributed by atoms with Crippen LogP contribution < -0.4 is 4.72 Å². The van der Waals surface area contributed by atoms with Crippen molar-refractivity contribution in [2.24, 2.45) is 5.92 Å². The Hall–Kier alpha value is -0.430. The van der Waals surface area contributed by atoms with E-state index in [4.69, 9.17) is 0 Å². The highest BCUT2D eigenvalue weighted by Gasteiger charge is 2.25. The highest BCUT2D eigenvalue weighted by molar-refractivity contribution is 9.10. The molecule has 1 rings (SSSR count). The summed E-state index contributed by atoms with van der Waals surface area (Å²) in [5.74, 6) is 0.294. The van der Waals surface area contributed by atoms with Gasteiger partial charge in [0.15, 0.2) is 0 Å². The van der Waals surface area contributed by atoms with E-state index in [0.29, 0.717) is 16.8 Å². The van der Waals surface area contributed by atoms with Gasteiger partial charge in [0.2, 0.25) is 10.0 Å². The topological polar surface area (TPSA) is 66.4 Å². The van der Waals surface area contributed by atoms with Crippen molar-refractivity contribution in [1.29, 1.82) is 0 Å². The molecule has 1 unspecified atom stereocenters. The van der Waals surface area contributed by atoms with E-state index in [1.165, 1.54) is 6.07 Å². The lowest BCUT2D eigenvalue weighted by molar-refractivity contribution is 0.0437. The van der Waals surface area contributed by atoms with E-state index in [2.05, 4.69) is 20.7 Å². The third kappa shape index (κ3) is 5.22. The molecule has 0 heterocycles. The average molecular weight is 350 g/mol. The van der Waals surface area contributed by atoms with Crippen molar-refractivity contribution in [2.75, 3.05) is 6.54 Å². The number of nitrogens with one attached hydrogen (secondary N) is 1. The van der Waals surface area contributed by atoms with Gasteiger partial charge in [-0.2, -0.15) is 0 Å². The third-order valence-corrected chi connectivity index (χ3v) is 5.03. The minimum absolute atomic E-state index is 0.00511. The van der Waals surface area contributed by atoms with Crippen molar-refractivity contribution < 1.29 is 13.5 Å². The Kier molecular flexibility index (Phi) is 5.55. The number of aliphatic hydroxyl groups is 1. The Morgan fingerprint density at radius 1 is 1.37 bits per heavy atom. The molecule has 1 atom stereocenters. The summed E-state index contributed by atoms with van der Waals surface area (Å²) in [6, 6.07) is 6.59. The normalized spacial score (nSPS) is 15.5. The quantitative estimate of drug-likeness (QED) is 0.829. The summed E-state index contributed by atoms with van der Waals surface area (Å²) in [7, 11) is -3.62. The Balaban J connectivity index is 2.80. The Morgan fingerprint density at radius 3 is 2.47 bits per heavy atom. The minimum atomic E-state index is -3.62. The van der Waals surface area contributed by atoms with Gasteiger partial charge in [-0.3, -0.25) is 0 Å². The van der Waals surface area contributed by atoms with Gasteiger partial charge in [-0.15, -0.1) is 0 Å². The van der Waals surface area contributed by atoms with E-state index in [1.807, 2.05) is 13.8 Å². The minimum Gasteiger partial charge on any atom is -0.389 e. The first-order valence-electron chi connectivity index (χ1n) is 6.11. The fourth-order valence-electron chi connectivity index (χ4n) is 1.94. The second-order valence-corrected chi connectivity index (χ2v) is 7.94. The van der Waals surface area contributed by atoms with Crippen molar-refractivity contribution in [3.05, 3.63) is 28.7 Å². The zero-order valence-electron chi connectivity index (χ0n) is 11.4. The zero-order chi connectivity index (χ0) is 14.7. The molecule has 6 heteroatoms. The van der Waals surface area contributed by atoms with Gasteiger partial charge in [0.25, 0.3) is 0 Å². The van der Waals surface area contributed by atoms with Crippen molar-refractivity contribution in [3.8, 4) is 0 Å². The monoisotopic (exact) mass is 349 g/mol. The molecule has 0 fully saturated rings. The van der Waals surface area contributed by atoms with Crippen molar-refractivity contribution in [3.63, 3.8) is 0 Å². The zero-order valence-corrected chi connectivity index (χ0v) is 13.8. The van der Waals surface area contributed by atoms with Crippen LogP contribution in [0.4, 0.5) is 0 Å². The maximum Gasteiger partial charge on any atom is 0.241 e. The summed E-state index contributed by atoms with van der Waals surface area (Å²) >= 11 is 3.21. The molecule has 0 saturated heterocycles. The molecular formula is C13H20BrNO3S. The van der Waals surface area contributed by atoms with Gasteiger partial charge in [0.1, 0.15) is 0 Å². The molecule has 0 aliphatic rings. The van der Waals surface area contributed by atoms with E-state index in [1.54, 1.807) is 25.1 Å². The fraction of sp³-hybridized carbons (Fsp3) is 0.538. The number of hydrogen-bond acceptors (Lipinski definition) is 3. The summed E-state index contributed by atoms with van der Waals surface area (Å²) in [4.78, 5) is 0.176. The van der Waals surface area contributed by atoms with Crippen LogP contribution >= 0.6 is 15.9 Å². The molecule has 0 aliphatic carbocycles. The maximum absolute atomic E-state index is 12.1. The lowest BCUT2D eigenvalue weighted by Crippen LogP contribution is -2.41. The SMILES string of the molecule is CC(C)CC(C)(O)CNS(=O)(=O)c1ccccc1Br. The molecule has 0 aromatic heterocycles. The van der Waals surface area contributed by atoms with Gasteiger partial charge in [-0.1, -0.05) is 26.0 Å². The number of hydrogen-bond donors (Lipinski definition) is 2. The maximum atomic E-state index is 12.1. The summed E-state index contributed by atoms with van der Waals surface area (Å²) in [6.45, 7) is 5.60. The first kappa shape index (κ1) is 16.6. The van der Waals surface area contributed by atoms with Crippen LogP contribution in [0, 0.1) is 5.92 Å². The van der Waals surface area contributed by atoms with Crippen LogP contribution in [0.5, 0.6) is 0 Å². The first-order valence-corrected chi connectivity index (χ1v) is 8.38. The van der Waals surface area contributed by atoms with E-state index < -0.39 is 15.6 Å². The lowest BCUT2D eigenvalue weighted by atomic mass is 9.95. The molecule has 1 aromatic rings. The molecule has 1 aromatic carbocycles. The second-order valence-electron chi connectivity index (χ2n) is 5.35. The van der Waals surface area contributed by atoms with E-state index in [-0.39, 0.29) is 11.4 Å². The molecule has 4 nitrogen and oxygen atoms in total. The van der Waals surface area contributed by atoms with Crippen LogP contribution in [-0.4, -0.2) is 25.7 Å². The molecule has 19 heavy (non-hydrogen) atoms. The lowest BCUT2D eigenvalue weighted by Gasteiger charge is -2.25. The third-order valence-electron chi connectivity index (χ3n) is 2.62. The van der Waals surface area contributed by atoms with Gasteiger partial charge < -0.3 is 5.11 Å². The Morgan fingerprint density at radius 2 is 1.95 bits per heavy atom. The molecule has 0 saturated carbocycles. The molecule has 0 radical (unpaired) electrons. The number of sulfonamides is 1.